The fourth-order valence-electron chi connectivity index (χ4n) is 1.07. The van der Waals surface area contributed by atoms with Crippen LogP contribution in [0.1, 0.15) is 19.8 Å². The smallest absolute Gasteiger partial charge is 0.333 e. The van der Waals surface area contributed by atoms with E-state index in [1.54, 1.807) is 6.92 Å². The lowest BCUT2D eigenvalue weighted by atomic mass is 10.2. The molecule has 0 radical (unpaired) electrons. The van der Waals surface area contributed by atoms with Gasteiger partial charge < -0.3 is 9.47 Å². The van der Waals surface area contributed by atoms with Gasteiger partial charge in [0.1, 0.15) is 6.61 Å². The first-order chi connectivity index (χ1) is 5.70. The van der Waals surface area contributed by atoms with Gasteiger partial charge in [-0.3, -0.25) is 0 Å². The molecule has 0 aliphatic carbocycles. The van der Waals surface area contributed by atoms with Crippen molar-refractivity contribution in [3.8, 4) is 0 Å². The molecule has 0 saturated carbocycles. The van der Waals surface area contributed by atoms with Crippen molar-refractivity contribution in [2.24, 2.45) is 0 Å². The molecule has 1 fully saturated rings. The second-order valence-electron chi connectivity index (χ2n) is 3.01. The lowest BCUT2D eigenvalue weighted by molar-refractivity contribution is -0.142. The van der Waals surface area contributed by atoms with Crippen LogP contribution in [0.15, 0.2) is 12.2 Å². The van der Waals surface area contributed by atoms with Crippen molar-refractivity contribution in [2.45, 2.75) is 25.9 Å². The van der Waals surface area contributed by atoms with E-state index in [1.165, 1.54) is 0 Å². The third kappa shape index (κ3) is 2.66. The molecule has 68 valence electrons. The first kappa shape index (κ1) is 9.26. The minimum absolute atomic E-state index is 0.105. The summed E-state index contributed by atoms with van der Waals surface area (Å²) in [5.41, 5.74) is 0.438. The minimum Gasteiger partial charge on any atom is -0.460 e. The number of esters is 1. The molecule has 12 heavy (non-hydrogen) atoms. The molecular formula is C9H14O3. The first-order valence-electron chi connectivity index (χ1n) is 4.14. The van der Waals surface area contributed by atoms with Crippen molar-refractivity contribution < 1.29 is 14.3 Å². The molecule has 1 rings (SSSR count). The molecule has 0 amide bonds. The fourth-order valence-corrected chi connectivity index (χ4v) is 1.07. The average molecular weight is 170 g/mol. The summed E-state index contributed by atoms with van der Waals surface area (Å²) >= 11 is 0. The zero-order valence-corrected chi connectivity index (χ0v) is 7.34. The number of hydrogen-bond acceptors (Lipinski definition) is 3. The molecular weight excluding hydrogens is 156 g/mol. The van der Waals surface area contributed by atoms with Crippen LogP contribution in [0.25, 0.3) is 0 Å². The maximum Gasteiger partial charge on any atom is 0.333 e. The van der Waals surface area contributed by atoms with E-state index >= 15 is 0 Å². The standard InChI is InChI=1S/C9H14O3/c1-7(2)9(10)12-6-8-4-3-5-11-8/h8H,1,3-6H2,2H3/t8-/m0/s1. The van der Waals surface area contributed by atoms with Crippen molar-refractivity contribution in [3.05, 3.63) is 12.2 Å². The van der Waals surface area contributed by atoms with Gasteiger partial charge in [-0.2, -0.15) is 0 Å². The van der Waals surface area contributed by atoms with Crippen molar-refractivity contribution in [3.63, 3.8) is 0 Å². The van der Waals surface area contributed by atoms with Crippen LogP contribution in [0.5, 0.6) is 0 Å². The van der Waals surface area contributed by atoms with E-state index in [1.807, 2.05) is 0 Å². The monoisotopic (exact) mass is 170 g/mol. The van der Waals surface area contributed by atoms with E-state index in [0.29, 0.717) is 12.2 Å². The van der Waals surface area contributed by atoms with Crippen LogP contribution in [-0.2, 0) is 14.3 Å². The second kappa shape index (κ2) is 4.26. The molecule has 0 aromatic rings. The van der Waals surface area contributed by atoms with E-state index in [4.69, 9.17) is 9.47 Å². The first-order valence-corrected chi connectivity index (χ1v) is 4.14. The van der Waals surface area contributed by atoms with Crippen LogP contribution in [0.4, 0.5) is 0 Å². The van der Waals surface area contributed by atoms with Crippen molar-refractivity contribution in [2.75, 3.05) is 13.2 Å². The Morgan fingerprint density at radius 1 is 1.75 bits per heavy atom. The summed E-state index contributed by atoms with van der Waals surface area (Å²) in [6.07, 6.45) is 2.16. The lowest BCUT2D eigenvalue weighted by Crippen LogP contribution is -2.17. The maximum absolute atomic E-state index is 10.9. The van der Waals surface area contributed by atoms with E-state index < -0.39 is 0 Å². The maximum atomic E-state index is 10.9. The molecule has 1 aliphatic rings. The largest absolute Gasteiger partial charge is 0.460 e. The Morgan fingerprint density at radius 3 is 3.00 bits per heavy atom. The van der Waals surface area contributed by atoms with E-state index in [9.17, 15) is 4.79 Å². The SMILES string of the molecule is C=C(C)C(=O)OC[C@@H]1CCCO1. The lowest BCUT2D eigenvalue weighted by Gasteiger charge is -2.09. The molecule has 0 bridgehead atoms. The van der Waals surface area contributed by atoms with Crippen LogP contribution >= 0.6 is 0 Å². The highest BCUT2D eigenvalue weighted by molar-refractivity contribution is 5.86. The predicted molar refractivity (Wildman–Crippen MR) is 44.7 cm³/mol. The number of ether oxygens (including phenoxy) is 2. The van der Waals surface area contributed by atoms with Crippen LogP contribution in [-0.4, -0.2) is 25.3 Å². The van der Waals surface area contributed by atoms with Gasteiger partial charge in [-0.05, 0) is 19.8 Å². The average Bonchev–Trinajstić information content (AvgIpc) is 2.51. The molecule has 1 heterocycles. The molecule has 3 heteroatoms. The highest BCUT2D eigenvalue weighted by atomic mass is 16.6. The van der Waals surface area contributed by atoms with E-state index in [2.05, 4.69) is 6.58 Å². The summed E-state index contributed by atoms with van der Waals surface area (Å²) in [5.74, 6) is -0.328. The zero-order chi connectivity index (χ0) is 8.97. The molecule has 3 nitrogen and oxygen atoms in total. The third-order valence-corrected chi connectivity index (χ3v) is 1.77. The molecule has 0 N–H and O–H groups in total. The summed E-state index contributed by atoms with van der Waals surface area (Å²) in [5, 5.41) is 0. The van der Waals surface area contributed by atoms with Gasteiger partial charge in [0, 0.05) is 12.2 Å². The van der Waals surface area contributed by atoms with Gasteiger partial charge in [-0.15, -0.1) is 0 Å². The molecule has 0 spiro atoms. The highest BCUT2D eigenvalue weighted by Gasteiger charge is 2.17. The topological polar surface area (TPSA) is 35.5 Å². The van der Waals surface area contributed by atoms with Crippen molar-refractivity contribution >= 4 is 5.97 Å². The van der Waals surface area contributed by atoms with Gasteiger partial charge >= 0.3 is 5.97 Å². The summed E-state index contributed by atoms with van der Waals surface area (Å²) in [4.78, 5) is 10.9. The Balaban J connectivity index is 2.16. The Morgan fingerprint density at radius 2 is 2.50 bits per heavy atom. The fraction of sp³-hybridized carbons (Fsp3) is 0.667. The van der Waals surface area contributed by atoms with Gasteiger partial charge in [-0.25, -0.2) is 4.79 Å². The highest BCUT2D eigenvalue weighted by Crippen LogP contribution is 2.12. The van der Waals surface area contributed by atoms with Crippen LogP contribution in [0.3, 0.4) is 0 Å². The molecule has 1 aliphatic heterocycles. The summed E-state index contributed by atoms with van der Waals surface area (Å²) in [6.45, 7) is 6.28. The van der Waals surface area contributed by atoms with Crippen LogP contribution in [0.2, 0.25) is 0 Å². The van der Waals surface area contributed by atoms with Gasteiger partial charge in [0.25, 0.3) is 0 Å². The summed E-state index contributed by atoms with van der Waals surface area (Å²) in [7, 11) is 0. The quantitative estimate of drug-likeness (QED) is 0.473. The van der Waals surface area contributed by atoms with Crippen LogP contribution in [0, 0.1) is 0 Å². The van der Waals surface area contributed by atoms with Gasteiger partial charge in [0.15, 0.2) is 0 Å². The normalized spacial score (nSPS) is 22.2. The summed E-state index contributed by atoms with van der Waals surface area (Å²) in [6, 6.07) is 0. The minimum atomic E-state index is -0.328. The number of carbonyl (C=O) groups excluding carboxylic acids is 1. The predicted octanol–water partition coefficient (Wildman–Crippen LogP) is 1.28. The van der Waals surface area contributed by atoms with E-state index in [0.717, 1.165) is 19.4 Å². The van der Waals surface area contributed by atoms with Gasteiger partial charge in [-0.1, -0.05) is 6.58 Å². The molecule has 1 saturated heterocycles. The van der Waals surface area contributed by atoms with Gasteiger partial charge in [0.05, 0.1) is 6.10 Å². The van der Waals surface area contributed by atoms with Gasteiger partial charge in [0.2, 0.25) is 0 Å². The molecule has 0 aromatic carbocycles. The molecule has 0 aromatic heterocycles. The Hall–Kier alpha value is -0.830. The second-order valence-corrected chi connectivity index (χ2v) is 3.01. The number of rotatable bonds is 3. The van der Waals surface area contributed by atoms with E-state index in [-0.39, 0.29) is 12.1 Å². The number of hydrogen-bond donors (Lipinski definition) is 0. The Bertz CT molecular complexity index is 180. The Kier molecular flexibility index (Phi) is 3.29. The van der Waals surface area contributed by atoms with Crippen molar-refractivity contribution in [1.29, 1.82) is 0 Å². The zero-order valence-electron chi connectivity index (χ0n) is 7.34. The number of carbonyl (C=O) groups is 1. The van der Waals surface area contributed by atoms with Crippen molar-refractivity contribution in [1.82, 2.24) is 0 Å². The molecule has 0 unspecified atom stereocenters. The summed E-state index contributed by atoms with van der Waals surface area (Å²) < 4.78 is 10.2. The van der Waals surface area contributed by atoms with Crippen LogP contribution < -0.4 is 0 Å². The third-order valence-electron chi connectivity index (χ3n) is 1.77. The Labute approximate surface area is 72.4 Å². The molecule has 1 atom stereocenters.